The molecule has 0 heterocycles. The summed E-state index contributed by atoms with van der Waals surface area (Å²) in [7, 11) is 5.81. The van der Waals surface area contributed by atoms with E-state index in [0.717, 1.165) is 36.5 Å². The van der Waals surface area contributed by atoms with Crippen LogP contribution in [0, 0.1) is 52.3 Å². The van der Waals surface area contributed by atoms with E-state index in [2.05, 4.69) is 40.7 Å². The number of aliphatic carboxylic acids is 1. The smallest absolute Gasteiger partial charge is 0.303 e. The van der Waals surface area contributed by atoms with Crippen LogP contribution in [0.15, 0.2) is 11.6 Å². The summed E-state index contributed by atoms with van der Waals surface area (Å²) in [6.45, 7) is 13.8. The number of quaternary nitrogens is 1. The van der Waals surface area contributed by atoms with Crippen LogP contribution in [0.1, 0.15) is 112 Å². The number of likely N-dealkylation sites (N-methyl/N-ethyl adjacent to an activating group) is 1. The van der Waals surface area contributed by atoms with Crippen LogP contribution in [0.3, 0.4) is 0 Å². The molecule has 3 unspecified atom stereocenters. The molecule has 42 heavy (non-hydrogen) atoms. The van der Waals surface area contributed by atoms with Crippen molar-refractivity contribution in [1.29, 1.82) is 0 Å². The number of rotatable bonds is 11. The molecule has 0 aromatic heterocycles. The average molecular weight is 588 g/mol. The van der Waals surface area contributed by atoms with Gasteiger partial charge in [0.05, 0.1) is 38.6 Å². The highest BCUT2D eigenvalue weighted by molar-refractivity contribution is 5.72. The zero-order chi connectivity index (χ0) is 31.3. The molecule has 3 saturated carbocycles. The van der Waals surface area contributed by atoms with Crippen LogP contribution in [0.2, 0.25) is 0 Å². The number of carbonyl (C=O) groups excluding carboxylic acids is 2. The maximum atomic E-state index is 12.6. The van der Waals surface area contributed by atoms with Crippen LogP contribution in [0.5, 0.6) is 0 Å². The minimum absolute atomic E-state index is 0.0229. The van der Waals surface area contributed by atoms with Crippen LogP contribution in [0.25, 0.3) is 0 Å². The third kappa shape index (κ3) is 6.50. The van der Waals surface area contributed by atoms with Crippen LogP contribution in [-0.2, 0) is 14.3 Å². The van der Waals surface area contributed by atoms with Gasteiger partial charge in [-0.25, -0.2) is 0 Å². The summed E-state index contributed by atoms with van der Waals surface area (Å²) in [6, 6.07) is 0. The van der Waals surface area contributed by atoms with Gasteiger partial charge in [0.1, 0.15) is 6.54 Å². The second kappa shape index (κ2) is 12.2. The van der Waals surface area contributed by atoms with E-state index in [1.807, 2.05) is 21.1 Å². The highest BCUT2D eigenvalue weighted by atomic mass is 16.5. The van der Waals surface area contributed by atoms with Crippen molar-refractivity contribution in [3.63, 3.8) is 0 Å². The number of fused-ring (bicyclic) bond motifs is 5. The minimum atomic E-state index is -1.50. The topological polar surface area (TPSA) is 86.7 Å². The van der Waals surface area contributed by atoms with Gasteiger partial charge >= 0.3 is 5.97 Å². The summed E-state index contributed by atoms with van der Waals surface area (Å²) in [5, 5.41) is 24.7. The first-order chi connectivity index (χ1) is 19.4. The molecule has 0 amide bonds. The maximum absolute atomic E-state index is 12.6. The number of esters is 1. The molecule has 4 aliphatic rings. The normalized spacial score (nSPS) is 38.5. The Labute approximate surface area is 256 Å². The van der Waals surface area contributed by atoms with Crippen LogP contribution >= 0.6 is 0 Å². The standard InChI is InChI=1S/C36H61NO5/c1-23(2)11-10-12-24(3)28-15-16-29-27-14-13-26-21-36(41,20-19-34(26,5)30(27)17-18-35(28,29)6)32(33(39)40)31(42-25(4)38)22-37(7,8)9/h13,23-24,27-32,41H,10-12,14-22H2,1-9H3/t24-,27+,28-,29+,30+,31?,32?,34+,35-,36?/m1/s1. The van der Waals surface area contributed by atoms with Gasteiger partial charge in [-0.15, -0.1) is 0 Å². The van der Waals surface area contributed by atoms with E-state index < -0.39 is 29.6 Å². The zero-order valence-electron chi connectivity index (χ0n) is 28.2. The number of aliphatic hydroxyl groups is 1. The van der Waals surface area contributed by atoms with E-state index in [9.17, 15) is 19.8 Å². The summed E-state index contributed by atoms with van der Waals surface area (Å²) in [5.74, 6) is 1.23. The number of carbonyl (C=O) groups is 2. The van der Waals surface area contributed by atoms with E-state index in [-0.39, 0.29) is 5.41 Å². The van der Waals surface area contributed by atoms with E-state index in [4.69, 9.17) is 4.74 Å². The minimum Gasteiger partial charge on any atom is -0.550 e. The monoisotopic (exact) mass is 587 g/mol. The summed E-state index contributed by atoms with van der Waals surface area (Å²) in [6.07, 6.45) is 13.1. The number of nitrogens with zero attached hydrogens (tertiary/aromatic N) is 1. The Morgan fingerprint density at radius 3 is 2.33 bits per heavy atom. The fourth-order valence-electron chi connectivity index (χ4n) is 10.6. The Balaban J connectivity index is 1.55. The molecular formula is C36H61NO5. The second-order valence-corrected chi connectivity index (χ2v) is 17.0. The number of carboxylic acids is 1. The molecule has 10 atom stereocenters. The van der Waals surface area contributed by atoms with E-state index in [0.29, 0.717) is 41.1 Å². The Bertz CT molecular complexity index is 1030. The molecule has 0 aliphatic heterocycles. The molecule has 240 valence electrons. The van der Waals surface area contributed by atoms with Gasteiger partial charge in [-0.05, 0) is 97.7 Å². The molecule has 0 saturated heterocycles. The van der Waals surface area contributed by atoms with Crippen molar-refractivity contribution in [1.82, 2.24) is 0 Å². The molecule has 4 aliphatic carbocycles. The van der Waals surface area contributed by atoms with E-state index in [1.165, 1.54) is 57.4 Å². The highest BCUT2D eigenvalue weighted by Crippen LogP contribution is 2.68. The molecule has 6 nitrogen and oxygen atoms in total. The van der Waals surface area contributed by atoms with Crippen molar-refractivity contribution in [3.05, 3.63) is 11.6 Å². The number of ether oxygens (including phenoxy) is 1. The molecule has 3 fully saturated rings. The van der Waals surface area contributed by atoms with Crippen molar-refractivity contribution < 1.29 is 29.0 Å². The summed E-state index contributed by atoms with van der Waals surface area (Å²) < 4.78 is 6.00. The molecule has 6 heteroatoms. The van der Waals surface area contributed by atoms with Gasteiger partial charge in [-0.2, -0.15) is 0 Å². The maximum Gasteiger partial charge on any atom is 0.303 e. The lowest BCUT2D eigenvalue weighted by atomic mass is 9.45. The first-order valence-corrected chi connectivity index (χ1v) is 17.0. The van der Waals surface area contributed by atoms with Crippen molar-refractivity contribution in [2.24, 2.45) is 52.3 Å². The average Bonchev–Trinajstić information content (AvgIpc) is 3.20. The molecule has 0 spiro atoms. The van der Waals surface area contributed by atoms with Gasteiger partial charge in [-0.3, -0.25) is 4.79 Å². The van der Waals surface area contributed by atoms with Crippen LogP contribution in [0.4, 0.5) is 0 Å². The molecule has 0 aromatic rings. The van der Waals surface area contributed by atoms with Crippen molar-refractivity contribution in [2.45, 2.75) is 124 Å². The fraction of sp³-hybridized carbons (Fsp3) is 0.889. The predicted octanol–water partition coefficient (Wildman–Crippen LogP) is 5.76. The van der Waals surface area contributed by atoms with Gasteiger partial charge in [0.15, 0.2) is 6.10 Å². The first kappa shape index (κ1) is 33.5. The van der Waals surface area contributed by atoms with Gasteiger partial charge in [0.2, 0.25) is 0 Å². The predicted molar refractivity (Wildman–Crippen MR) is 165 cm³/mol. The number of hydrogen-bond donors (Lipinski definition) is 1. The second-order valence-electron chi connectivity index (χ2n) is 17.0. The van der Waals surface area contributed by atoms with Gasteiger partial charge in [0, 0.05) is 6.92 Å². The molecule has 0 bridgehead atoms. The Kier molecular flexibility index (Phi) is 9.71. The van der Waals surface area contributed by atoms with Crippen LogP contribution < -0.4 is 5.11 Å². The Hall–Kier alpha value is -1.40. The van der Waals surface area contributed by atoms with Gasteiger partial charge in [0.25, 0.3) is 0 Å². The van der Waals surface area contributed by atoms with Crippen molar-refractivity contribution in [2.75, 3.05) is 27.7 Å². The first-order valence-electron chi connectivity index (χ1n) is 17.0. The highest BCUT2D eigenvalue weighted by Gasteiger charge is 2.61. The fourth-order valence-corrected chi connectivity index (χ4v) is 10.6. The quantitative estimate of drug-likeness (QED) is 0.189. The summed E-state index contributed by atoms with van der Waals surface area (Å²) >= 11 is 0. The molecule has 0 aromatic carbocycles. The van der Waals surface area contributed by atoms with Crippen LogP contribution in [-0.4, -0.2) is 60.9 Å². The molecule has 0 radical (unpaired) electrons. The lowest BCUT2D eigenvalue weighted by Gasteiger charge is -2.60. The van der Waals surface area contributed by atoms with Gasteiger partial charge < -0.3 is 24.2 Å². The lowest BCUT2D eigenvalue weighted by molar-refractivity contribution is -0.873. The third-order valence-corrected chi connectivity index (χ3v) is 12.7. The summed E-state index contributed by atoms with van der Waals surface area (Å²) in [5.41, 5.74) is 0.110. The van der Waals surface area contributed by atoms with Crippen molar-refractivity contribution in [3.8, 4) is 0 Å². The number of carboxylic acid groups (broad SMARTS) is 1. The number of allylic oxidation sites excluding steroid dienone is 1. The Morgan fingerprint density at radius 2 is 1.74 bits per heavy atom. The largest absolute Gasteiger partial charge is 0.550 e. The molecule has 4 rings (SSSR count). The SMILES string of the molecule is CC(=O)OC(C[N+](C)(C)C)C(C(=O)[O-])C1(O)CC[C@@]2(C)C(=CC[C@H]3[C@@H]4CC[C@H]([C@H](C)CCCC(C)C)[C@@]4(C)CC[C@@H]32)C1. The molecule has 1 N–H and O–H groups in total. The summed E-state index contributed by atoms with van der Waals surface area (Å²) in [4.78, 5) is 24.7. The Morgan fingerprint density at radius 1 is 1.05 bits per heavy atom. The number of hydrogen-bond acceptors (Lipinski definition) is 5. The van der Waals surface area contributed by atoms with Crippen molar-refractivity contribution >= 4 is 11.9 Å². The zero-order valence-corrected chi connectivity index (χ0v) is 28.2. The van der Waals surface area contributed by atoms with Gasteiger partial charge in [-0.1, -0.05) is 65.5 Å². The van der Waals surface area contributed by atoms with E-state index in [1.54, 1.807) is 0 Å². The lowest BCUT2D eigenvalue weighted by Crippen LogP contribution is -2.61. The third-order valence-electron chi connectivity index (χ3n) is 12.7. The molecular weight excluding hydrogens is 526 g/mol. The van der Waals surface area contributed by atoms with E-state index >= 15 is 0 Å².